The van der Waals surface area contributed by atoms with Gasteiger partial charge in [0.1, 0.15) is 0 Å². The summed E-state index contributed by atoms with van der Waals surface area (Å²) >= 11 is 0. The smallest absolute Gasteiger partial charge is 0.153 e. The second-order valence-electron chi connectivity index (χ2n) is 4.46. The minimum atomic E-state index is 0.635. The van der Waals surface area contributed by atoms with Crippen LogP contribution >= 0.6 is 0 Å². The molecule has 0 radical (unpaired) electrons. The van der Waals surface area contributed by atoms with Gasteiger partial charge >= 0.3 is 0 Å². The molecule has 3 aromatic rings. The summed E-state index contributed by atoms with van der Waals surface area (Å²) in [6, 6.07) is 12.5. The van der Waals surface area contributed by atoms with Crippen molar-refractivity contribution in [2.45, 2.75) is 6.42 Å². The standard InChI is InChI=1S/C15H16N2O/c1-17-13-5-3-2-4-12(13)10-14(17)15-11(6-8-16)7-9-18-15/h2-5,7,9-10H,6,8,16H2,1H3. The molecular weight excluding hydrogens is 224 g/mol. The average Bonchev–Trinajstić information content (AvgIpc) is 2.96. The normalized spacial score (nSPS) is 11.2. The molecule has 3 heteroatoms. The zero-order valence-electron chi connectivity index (χ0n) is 10.4. The van der Waals surface area contributed by atoms with Crippen LogP contribution in [0.4, 0.5) is 0 Å². The number of furan rings is 1. The minimum absolute atomic E-state index is 0.635. The van der Waals surface area contributed by atoms with Crippen molar-refractivity contribution in [2.75, 3.05) is 6.54 Å². The summed E-state index contributed by atoms with van der Waals surface area (Å²) in [5.41, 5.74) is 9.11. The lowest BCUT2D eigenvalue weighted by Gasteiger charge is -2.04. The van der Waals surface area contributed by atoms with Crippen LogP contribution in [0.3, 0.4) is 0 Å². The van der Waals surface area contributed by atoms with E-state index in [1.54, 1.807) is 6.26 Å². The molecule has 0 amide bonds. The van der Waals surface area contributed by atoms with Gasteiger partial charge in [0.05, 0.1) is 12.0 Å². The van der Waals surface area contributed by atoms with Crippen LogP contribution in [0.1, 0.15) is 5.56 Å². The van der Waals surface area contributed by atoms with Gasteiger partial charge in [-0.25, -0.2) is 0 Å². The maximum Gasteiger partial charge on any atom is 0.153 e. The van der Waals surface area contributed by atoms with Gasteiger partial charge in [0, 0.05) is 23.5 Å². The Balaban J connectivity index is 2.19. The fourth-order valence-corrected chi connectivity index (χ4v) is 2.42. The van der Waals surface area contributed by atoms with Crippen LogP contribution in [0.2, 0.25) is 0 Å². The molecule has 0 atom stereocenters. The van der Waals surface area contributed by atoms with E-state index in [9.17, 15) is 0 Å². The molecule has 3 nitrogen and oxygen atoms in total. The minimum Gasteiger partial charge on any atom is -0.463 e. The van der Waals surface area contributed by atoms with Gasteiger partial charge in [0.25, 0.3) is 0 Å². The molecule has 2 heterocycles. The number of fused-ring (bicyclic) bond motifs is 1. The van der Waals surface area contributed by atoms with Crippen molar-refractivity contribution < 1.29 is 4.42 Å². The van der Waals surface area contributed by atoms with E-state index in [-0.39, 0.29) is 0 Å². The predicted molar refractivity (Wildman–Crippen MR) is 73.4 cm³/mol. The molecule has 0 aliphatic heterocycles. The van der Waals surface area contributed by atoms with Gasteiger partial charge in [0.2, 0.25) is 0 Å². The van der Waals surface area contributed by atoms with Crippen molar-refractivity contribution in [3.63, 3.8) is 0 Å². The molecule has 0 saturated carbocycles. The molecule has 1 aromatic carbocycles. The third kappa shape index (κ3) is 1.64. The average molecular weight is 240 g/mol. The number of para-hydroxylation sites is 1. The summed E-state index contributed by atoms with van der Waals surface area (Å²) in [7, 11) is 2.06. The third-order valence-electron chi connectivity index (χ3n) is 3.34. The number of nitrogens with two attached hydrogens (primary N) is 1. The first-order valence-corrected chi connectivity index (χ1v) is 6.12. The Labute approximate surface area is 106 Å². The first kappa shape index (κ1) is 11.1. The summed E-state index contributed by atoms with van der Waals surface area (Å²) in [5.74, 6) is 0.930. The summed E-state index contributed by atoms with van der Waals surface area (Å²) < 4.78 is 7.80. The van der Waals surface area contributed by atoms with Crippen LogP contribution in [0, 0.1) is 0 Å². The van der Waals surface area contributed by atoms with E-state index in [1.165, 1.54) is 16.5 Å². The lowest BCUT2D eigenvalue weighted by Crippen LogP contribution is -2.03. The number of rotatable bonds is 3. The summed E-state index contributed by atoms with van der Waals surface area (Å²) in [6.45, 7) is 0.635. The molecular formula is C15H16N2O. The molecule has 92 valence electrons. The molecule has 0 fully saturated rings. The quantitative estimate of drug-likeness (QED) is 0.765. The van der Waals surface area contributed by atoms with Crippen molar-refractivity contribution in [3.8, 4) is 11.5 Å². The second kappa shape index (κ2) is 4.35. The van der Waals surface area contributed by atoms with Crippen LogP contribution in [0.25, 0.3) is 22.4 Å². The first-order valence-electron chi connectivity index (χ1n) is 6.12. The van der Waals surface area contributed by atoms with Crippen molar-refractivity contribution >= 4 is 10.9 Å². The highest BCUT2D eigenvalue weighted by Crippen LogP contribution is 2.30. The third-order valence-corrected chi connectivity index (χ3v) is 3.34. The molecule has 18 heavy (non-hydrogen) atoms. The van der Waals surface area contributed by atoms with E-state index in [0.29, 0.717) is 6.54 Å². The fourth-order valence-electron chi connectivity index (χ4n) is 2.42. The van der Waals surface area contributed by atoms with Gasteiger partial charge in [-0.1, -0.05) is 18.2 Å². The molecule has 0 bridgehead atoms. The van der Waals surface area contributed by atoms with Gasteiger partial charge in [-0.2, -0.15) is 0 Å². The lowest BCUT2D eigenvalue weighted by molar-refractivity contribution is 0.574. The van der Waals surface area contributed by atoms with Crippen LogP contribution in [-0.2, 0) is 13.5 Å². The van der Waals surface area contributed by atoms with Crippen LogP contribution in [0.15, 0.2) is 47.1 Å². The van der Waals surface area contributed by atoms with Crippen LogP contribution < -0.4 is 5.73 Å². The maximum atomic E-state index is 5.64. The molecule has 0 saturated heterocycles. The van der Waals surface area contributed by atoms with Gasteiger partial charge in [-0.15, -0.1) is 0 Å². The van der Waals surface area contributed by atoms with Gasteiger partial charge in [0.15, 0.2) is 5.76 Å². The number of benzene rings is 1. The molecule has 2 N–H and O–H groups in total. The van der Waals surface area contributed by atoms with Crippen LogP contribution in [0.5, 0.6) is 0 Å². The Morgan fingerprint density at radius 1 is 1.22 bits per heavy atom. The van der Waals surface area contributed by atoms with Crippen molar-refractivity contribution in [1.29, 1.82) is 0 Å². The number of hydrogen-bond donors (Lipinski definition) is 1. The number of nitrogens with zero attached hydrogens (tertiary/aromatic N) is 1. The Hall–Kier alpha value is -2.00. The number of aromatic nitrogens is 1. The van der Waals surface area contributed by atoms with Crippen molar-refractivity contribution in [3.05, 3.63) is 48.2 Å². The van der Waals surface area contributed by atoms with Crippen LogP contribution in [-0.4, -0.2) is 11.1 Å². The highest BCUT2D eigenvalue weighted by Gasteiger charge is 2.13. The lowest BCUT2D eigenvalue weighted by atomic mass is 10.1. The summed E-state index contributed by atoms with van der Waals surface area (Å²) in [5, 5.41) is 1.23. The SMILES string of the molecule is Cn1c(-c2occc2CCN)cc2ccccc21. The summed E-state index contributed by atoms with van der Waals surface area (Å²) in [6.07, 6.45) is 2.57. The molecule has 3 rings (SSSR count). The first-order chi connectivity index (χ1) is 8.81. The molecule has 0 aliphatic carbocycles. The van der Waals surface area contributed by atoms with E-state index < -0.39 is 0 Å². The highest BCUT2D eigenvalue weighted by atomic mass is 16.3. The zero-order chi connectivity index (χ0) is 12.5. The second-order valence-corrected chi connectivity index (χ2v) is 4.46. The van der Waals surface area contributed by atoms with Crippen molar-refractivity contribution in [2.24, 2.45) is 12.8 Å². The van der Waals surface area contributed by atoms with Gasteiger partial charge < -0.3 is 14.7 Å². The molecule has 2 aromatic heterocycles. The Morgan fingerprint density at radius 3 is 2.83 bits per heavy atom. The molecule has 0 unspecified atom stereocenters. The topological polar surface area (TPSA) is 44.1 Å². The van der Waals surface area contributed by atoms with E-state index in [2.05, 4.69) is 41.9 Å². The zero-order valence-corrected chi connectivity index (χ0v) is 10.4. The van der Waals surface area contributed by atoms with E-state index >= 15 is 0 Å². The summed E-state index contributed by atoms with van der Waals surface area (Å²) in [4.78, 5) is 0. The maximum absolute atomic E-state index is 5.64. The van der Waals surface area contributed by atoms with Crippen molar-refractivity contribution in [1.82, 2.24) is 4.57 Å². The number of aryl methyl sites for hydroxylation is 1. The van der Waals surface area contributed by atoms with E-state index in [4.69, 9.17) is 10.2 Å². The van der Waals surface area contributed by atoms with Gasteiger partial charge in [-0.3, -0.25) is 0 Å². The fraction of sp³-hybridized carbons (Fsp3) is 0.200. The predicted octanol–water partition coefficient (Wildman–Crippen LogP) is 2.94. The van der Waals surface area contributed by atoms with Gasteiger partial charge in [-0.05, 0) is 31.2 Å². The Bertz CT molecular complexity index is 679. The largest absolute Gasteiger partial charge is 0.463 e. The molecule has 0 aliphatic rings. The van der Waals surface area contributed by atoms with E-state index in [1.807, 2.05) is 6.07 Å². The Kier molecular flexibility index (Phi) is 2.68. The highest BCUT2D eigenvalue weighted by molar-refractivity contribution is 5.86. The Morgan fingerprint density at radius 2 is 2.06 bits per heavy atom. The number of hydrogen-bond acceptors (Lipinski definition) is 2. The monoisotopic (exact) mass is 240 g/mol. The van der Waals surface area contributed by atoms with E-state index in [0.717, 1.165) is 17.9 Å². The molecule has 0 spiro atoms.